The Morgan fingerprint density at radius 3 is 2.00 bits per heavy atom. The van der Waals surface area contributed by atoms with Gasteiger partial charge in [-0.15, -0.1) is 0 Å². The van der Waals surface area contributed by atoms with E-state index in [1.165, 1.54) is 0 Å². The summed E-state index contributed by atoms with van der Waals surface area (Å²) in [6.07, 6.45) is 0. The number of halogens is 1. The summed E-state index contributed by atoms with van der Waals surface area (Å²) in [6, 6.07) is 0. The van der Waals surface area contributed by atoms with Crippen LogP contribution < -0.4 is 0 Å². The lowest BCUT2D eigenvalue weighted by atomic mass is 9.99. The maximum Gasteiger partial charge on any atom is 0.318 e. The maximum atomic E-state index is 10.7. The Morgan fingerprint density at radius 1 is 1.44 bits per heavy atom. The summed E-state index contributed by atoms with van der Waals surface area (Å²) >= 11 is 1.61. The van der Waals surface area contributed by atoms with Crippen molar-refractivity contribution in [3.05, 3.63) is 0 Å². The standard InChI is InChI=1S/C6H11IO2/c1-4(2)5(3)6(8)9-7/h4-5H,1-3H3. The Kier molecular flexibility index (Phi) is 4.18. The van der Waals surface area contributed by atoms with Crippen LogP contribution in [0.3, 0.4) is 0 Å². The molecule has 0 bridgehead atoms. The fourth-order valence-corrected chi connectivity index (χ4v) is 0.743. The molecule has 0 aromatic heterocycles. The predicted molar refractivity (Wildman–Crippen MR) is 44.1 cm³/mol. The number of carbonyl (C=O) groups is 1. The van der Waals surface area contributed by atoms with Gasteiger partial charge in [-0.2, -0.15) is 0 Å². The van der Waals surface area contributed by atoms with Crippen LogP contribution in [-0.2, 0) is 7.86 Å². The second-order valence-electron chi connectivity index (χ2n) is 2.43. The zero-order valence-electron chi connectivity index (χ0n) is 5.85. The van der Waals surface area contributed by atoms with Crippen LogP contribution in [0, 0.1) is 11.8 Å². The smallest absolute Gasteiger partial charge is 0.318 e. The highest BCUT2D eigenvalue weighted by molar-refractivity contribution is 14.1. The molecule has 0 saturated heterocycles. The van der Waals surface area contributed by atoms with Crippen molar-refractivity contribution in [1.29, 1.82) is 0 Å². The molecule has 0 heterocycles. The van der Waals surface area contributed by atoms with Crippen LogP contribution in [0.1, 0.15) is 20.8 Å². The van der Waals surface area contributed by atoms with Crippen molar-refractivity contribution in [3.63, 3.8) is 0 Å². The lowest BCUT2D eigenvalue weighted by Crippen LogP contribution is -2.15. The number of hydrogen-bond acceptors (Lipinski definition) is 2. The van der Waals surface area contributed by atoms with Crippen molar-refractivity contribution in [1.82, 2.24) is 0 Å². The van der Waals surface area contributed by atoms with E-state index in [-0.39, 0.29) is 11.9 Å². The van der Waals surface area contributed by atoms with E-state index in [0.717, 1.165) is 0 Å². The average molecular weight is 242 g/mol. The third-order valence-electron chi connectivity index (χ3n) is 1.45. The molecule has 1 atom stereocenters. The molecule has 0 fully saturated rings. The number of rotatable bonds is 2. The van der Waals surface area contributed by atoms with E-state index in [4.69, 9.17) is 0 Å². The highest BCUT2D eigenvalue weighted by Crippen LogP contribution is 2.12. The lowest BCUT2D eigenvalue weighted by molar-refractivity contribution is -0.136. The van der Waals surface area contributed by atoms with Crippen LogP contribution in [0.25, 0.3) is 0 Å². The minimum absolute atomic E-state index is 0.0156. The minimum atomic E-state index is -0.134. The maximum absolute atomic E-state index is 10.7. The number of hydrogen-bond donors (Lipinski definition) is 0. The van der Waals surface area contributed by atoms with E-state index in [0.29, 0.717) is 5.92 Å². The van der Waals surface area contributed by atoms with Crippen LogP contribution in [0.2, 0.25) is 0 Å². The molecular weight excluding hydrogens is 231 g/mol. The zero-order valence-corrected chi connectivity index (χ0v) is 8.01. The van der Waals surface area contributed by atoms with E-state index in [1.54, 1.807) is 23.0 Å². The Morgan fingerprint density at radius 2 is 1.89 bits per heavy atom. The molecule has 0 aromatic rings. The van der Waals surface area contributed by atoms with Crippen molar-refractivity contribution in [2.45, 2.75) is 20.8 Å². The SMILES string of the molecule is CC(C)C(C)C(=O)OI. The largest absolute Gasteiger partial charge is 0.394 e. The van der Waals surface area contributed by atoms with Gasteiger partial charge in [0.05, 0.1) is 5.92 Å². The minimum Gasteiger partial charge on any atom is -0.394 e. The molecule has 2 nitrogen and oxygen atoms in total. The summed E-state index contributed by atoms with van der Waals surface area (Å²) < 4.78 is 4.50. The molecule has 1 unspecified atom stereocenters. The molecule has 0 aromatic carbocycles. The predicted octanol–water partition coefficient (Wildman–Crippen LogP) is 2.17. The highest BCUT2D eigenvalue weighted by Gasteiger charge is 2.16. The topological polar surface area (TPSA) is 26.3 Å². The normalized spacial score (nSPS) is 13.4. The molecule has 0 N–H and O–H groups in total. The fourth-order valence-electron chi connectivity index (χ4n) is 0.342. The molecular formula is C6H11IO2. The third kappa shape index (κ3) is 3.03. The van der Waals surface area contributed by atoms with Gasteiger partial charge >= 0.3 is 5.97 Å². The molecule has 54 valence electrons. The lowest BCUT2D eigenvalue weighted by Gasteiger charge is -2.10. The van der Waals surface area contributed by atoms with E-state index in [9.17, 15) is 4.79 Å². The Labute approximate surface area is 69.7 Å². The molecule has 9 heavy (non-hydrogen) atoms. The van der Waals surface area contributed by atoms with Gasteiger partial charge in [0.15, 0.2) is 23.0 Å². The second-order valence-corrected chi connectivity index (χ2v) is 2.87. The van der Waals surface area contributed by atoms with E-state index in [2.05, 4.69) is 3.07 Å². The first kappa shape index (κ1) is 9.20. The molecule has 0 aliphatic heterocycles. The van der Waals surface area contributed by atoms with Crippen LogP contribution >= 0.6 is 23.0 Å². The summed E-state index contributed by atoms with van der Waals surface area (Å²) in [5, 5.41) is 0. The molecule has 0 rings (SSSR count). The molecule has 0 aliphatic rings. The first-order valence-corrected chi connectivity index (χ1v) is 3.80. The van der Waals surface area contributed by atoms with Crippen molar-refractivity contribution in [2.75, 3.05) is 0 Å². The van der Waals surface area contributed by atoms with Gasteiger partial charge in [0, 0.05) is 0 Å². The molecule has 0 aliphatic carbocycles. The third-order valence-corrected chi connectivity index (χ3v) is 1.88. The summed E-state index contributed by atoms with van der Waals surface area (Å²) in [4.78, 5) is 10.7. The zero-order chi connectivity index (χ0) is 7.44. The number of carbonyl (C=O) groups excluding carboxylic acids is 1. The van der Waals surface area contributed by atoms with Crippen molar-refractivity contribution < 1.29 is 7.86 Å². The quantitative estimate of drug-likeness (QED) is 0.693. The van der Waals surface area contributed by atoms with Gasteiger partial charge < -0.3 is 3.07 Å². The molecule has 3 heteroatoms. The molecule has 0 saturated carbocycles. The summed E-state index contributed by atoms with van der Waals surface area (Å²) in [7, 11) is 0. The van der Waals surface area contributed by atoms with Crippen molar-refractivity contribution in [3.8, 4) is 0 Å². The first-order chi connectivity index (χ1) is 4.09. The van der Waals surface area contributed by atoms with Gasteiger partial charge in [0.2, 0.25) is 0 Å². The van der Waals surface area contributed by atoms with Crippen LogP contribution in [0.5, 0.6) is 0 Å². The van der Waals surface area contributed by atoms with Gasteiger partial charge in [-0.3, -0.25) is 4.79 Å². The molecule has 0 spiro atoms. The van der Waals surface area contributed by atoms with E-state index >= 15 is 0 Å². The van der Waals surface area contributed by atoms with Gasteiger partial charge in [0.1, 0.15) is 0 Å². The Balaban J connectivity index is 3.72. The average Bonchev–Trinajstić information content (AvgIpc) is 1.84. The van der Waals surface area contributed by atoms with E-state index in [1.807, 2.05) is 20.8 Å². The van der Waals surface area contributed by atoms with Gasteiger partial charge in [-0.25, -0.2) is 0 Å². The first-order valence-electron chi connectivity index (χ1n) is 2.92. The second kappa shape index (κ2) is 4.09. The summed E-state index contributed by atoms with van der Waals surface area (Å²) in [6.45, 7) is 5.86. The van der Waals surface area contributed by atoms with Crippen LogP contribution in [0.4, 0.5) is 0 Å². The van der Waals surface area contributed by atoms with E-state index < -0.39 is 0 Å². The van der Waals surface area contributed by atoms with Gasteiger partial charge in [-0.1, -0.05) is 20.8 Å². The summed E-state index contributed by atoms with van der Waals surface area (Å²) in [5.74, 6) is 0.250. The van der Waals surface area contributed by atoms with Crippen molar-refractivity contribution in [2.24, 2.45) is 11.8 Å². The highest BCUT2D eigenvalue weighted by atomic mass is 127. The van der Waals surface area contributed by atoms with Crippen LogP contribution in [-0.4, -0.2) is 5.97 Å². The summed E-state index contributed by atoms with van der Waals surface area (Å²) in [5.41, 5.74) is 0. The monoisotopic (exact) mass is 242 g/mol. The van der Waals surface area contributed by atoms with Crippen LogP contribution in [0.15, 0.2) is 0 Å². The Hall–Kier alpha value is 0.200. The van der Waals surface area contributed by atoms with Gasteiger partial charge in [-0.05, 0) is 5.92 Å². The van der Waals surface area contributed by atoms with Crippen molar-refractivity contribution >= 4 is 29.0 Å². The Bertz CT molecular complexity index is 101. The molecule has 0 amide bonds. The fraction of sp³-hybridized carbons (Fsp3) is 0.833. The molecule has 0 radical (unpaired) electrons. The van der Waals surface area contributed by atoms with Gasteiger partial charge in [0.25, 0.3) is 0 Å².